The van der Waals surface area contributed by atoms with Crippen molar-refractivity contribution in [3.63, 3.8) is 0 Å². The Morgan fingerprint density at radius 1 is 1.17 bits per heavy atom. The van der Waals surface area contributed by atoms with E-state index in [1.165, 1.54) is 0 Å². The molecule has 0 fully saturated rings. The third-order valence-corrected chi connectivity index (χ3v) is 4.06. The van der Waals surface area contributed by atoms with Crippen molar-refractivity contribution in [2.24, 2.45) is 0 Å². The van der Waals surface area contributed by atoms with E-state index < -0.39 is 0 Å². The highest BCUT2D eigenvalue weighted by molar-refractivity contribution is 6.01. The molecule has 118 valence electrons. The summed E-state index contributed by atoms with van der Waals surface area (Å²) in [6, 6.07) is 15.5. The summed E-state index contributed by atoms with van der Waals surface area (Å²) >= 11 is 0. The molecule has 2 aromatic rings. The fourth-order valence-electron chi connectivity index (χ4n) is 2.80. The number of carbonyl (C=O) groups excluding carboxylic acids is 2. The standard InChI is InChI=1S/C19H20N2O2/c1-13(2)21(12-14-6-4-3-5-7-14)19(23)15-8-9-17-16(10-15)11-18(22)20-17/h3-10,13H,11-12H2,1-2H3,(H,20,22). The molecule has 23 heavy (non-hydrogen) atoms. The number of hydrogen-bond acceptors (Lipinski definition) is 2. The van der Waals surface area contributed by atoms with E-state index in [2.05, 4.69) is 5.32 Å². The van der Waals surface area contributed by atoms with E-state index in [9.17, 15) is 9.59 Å². The Balaban J connectivity index is 1.84. The number of anilines is 1. The van der Waals surface area contributed by atoms with Crippen LogP contribution in [0.5, 0.6) is 0 Å². The molecule has 4 nitrogen and oxygen atoms in total. The van der Waals surface area contributed by atoms with Crippen LogP contribution in [0.4, 0.5) is 5.69 Å². The summed E-state index contributed by atoms with van der Waals surface area (Å²) in [4.78, 5) is 26.2. The van der Waals surface area contributed by atoms with Crippen LogP contribution in [0.2, 0.25) is 0 Å². The van der Waals surface area contributed by atoms with Crippen LogP contribution in [0.25, 0.3) is 0 Å². The molecule has 2 aromatic carbocycles. The van der Waals surface area contributed by atoms with E-state index in [1.807, 2.05) is 61.2 Å². The summed E-state index contributed by atoms with van der Waals surface area (Å²) in [5.41, 5.74) is 3.44. The molecule has 0 atom stereocenters. The lowest BCUT2D eigenvalue weighted by molar-refractivity contribution is -0.115. The maximum absolute atomic E-state index is 12.9. The first-order chi connectivity index (χ1) is 11.0. The summed E-state index contributed by atoms with van der Waals surface area (Å²) in [5.74, 6) is -0.0272. The van der Waals surface area contributed by atoms with Crippen molar-refractivity contribution < 1.29 is 9.59 Å². The molecule has 0 aromatic heterocycles. The second-order valence-corrected chi connectivity index (χ2v) is 6.11. The predicted molar refractivity (Wildman–Crippen MR) is 90.2 cm³/mol. The van der Waals surface area contributed by atoms with Gasteiger partial charge in [0.25, 0.3) is 5.91 Å². The molecule has 1 heterocycles. The van der Waals surface area contributed by atoms with Crippen molar-refractivity contribution in [1.82, 2.24) is 4.90 Å². The second-order valence-electron chi connectivity index (χ2n) is 6.11. The van der Waals surface area contributed by atoms with Gasteiger partial charge >= 0.3 is 0 Å². The van der Waals surface area contributed by atoms with Gasteiger partial charge in [-0.3, -0.25) is 9.59 Å². The maximum Gasteiger partial charge on any atom is 0.254 e. The van der Waals surface area contributed by atoms with Crippen LogP contribution in [-0.2, 0) is 17.8 Å². The highest BCUT2D eigenvalue weighted by Gasteiger charge is 2.23. The van der Waals surface area contributed by atoms with E-state index in [0.29, 0.717) is 18.5 Å². The minimum absolute atomic E-state index is 0.00833. The SMILES string of the molecule is CC(C)N(Cc1ccccc1)C(=O)c1ccc2c(c1)CC(=O)N2. The monoisotopic (exact) mass is 308 g/mol. The molecule has 4 heteroatoms. The average molecular weight is 308 g/mol. The molecule has 0 saturated carbocycles. The number of benzene rings is 2. The number of nitrogens with zero attached hydrogens (tertiary/aromatic N) is 1. The average Bonchev–Trinajstić information content (AvgIpc) is 2.91. The largest absolute Gasteiger partial charge is 0.332 e. The van der Waals surface area contributed by atoms with Gasteiger partial charge in [-0.05, 0) is 43.2 Å². The summed E-state index contributed by atoms with van der Waals surface area (Å²) in [5, 5.41) is 2.79. The number of amides is 2. The Morgan fingerprint density at radius 2 is 1.91 bits per heavy atom. The second kappa shape index (κ2) is 6.24. The third-order valence-electron chi connectivity index (χ3n) is 4.06. The van der Waals surface area contributed by atoms with E-state index in [0.717, 1.165) is 16.8 Å². The molecule has 1 aliphatic heterocycles. The van der Waals surface area contributed by atoms with Gasteiger partial charge in [0.15, 0.2) is 0 Å². The Kier molecular flexibility index (Phi) is 4.15. The molecule has 0 aliphatic carbocycles. The molecule has 3 rings (SSSR count). The summed E-state index contributed by atoms with van der Waals surface area (Å²) in [6.07, 6.45) is 0.344. The van der Waals surface area contributed by atoms with Crippen LogP contribution in [0.15, 0.2) is 48.5 Å². The Bertz CT molecular complexity index is 738. The van der Waals surface area contributed by atoms with Gasteiger partial charge < -0.3 is 10.2 Å². The van der Waals surface area contributed by atoms with Gasteiger partial charge in [-0.25, -0.2) is 0 Å². The minimum Gasteiger partial charge on any atom is -0.332 e. The van der Waals surface area contributed by atoms with E-state index >= 15 is 0 Å². The first-order valence-electron chi connectivity index (χ1n) is 7.82. The van der Waals surface area contributed by atoms with Crippen LogP contribution in [0.3, 0.4) is 0 Å². The van der Waals surface area contributed by atoms with Gasteiger partial charge in [-0.1, -0.05) is 30.3 Å². The van der Waals surface area contributed by atoms with Crippen molar-refractivity contribution in [2.75, 3.05) is 5.32 Å². The van der Waals surface area contributed by atoms with Crippen LogP contribution >= 0.6 is 0 Å². The molecule has 0 saturated heterocycles. The highest BCUT2D eigenvalue weighted by atomic mass is 16.2. The Morgan fingerprint density at radius 3 is 2.61 bits per heavy atom. The lowest BCUT2D eigenvalue weighted by Gasteiger charge is -2.27. The van der Waals surface area contributed by atoms with Crippen LogP contribution in [0.1, 0.15) is 35.3 Å². The fraction of sp³-hybridized carbons (Fsp3) is 0.263. The topological polar surface area (TPSA) is 49.4 Å². The molecular formula is C19H20N2O2. The molecule has 0 spiro atoms. The highest BCUT2D eigenvalue weighted by Crippen LogP contribution is 2.25. The number of hydrogen-bond donors (Lipinski definition) is 1. The molecule has 1 aliphatic rings. The normalized spacial score (nSPS) is 12.9. The number of nitrogens with one attached hydrogen (secondary N) is 1. The van der Waals surface area contributed by atoms with Crippen molar-refractivity contribution in [2.45, 2.75) is 32.9 Å². The van der Waals surface area contributed by atoms with Crippen LogP contribution < -0.4 is 5.32 Å². The third kappa shape index (κ3) is 3.26. The zero-order valence-electron chi connectivity index (χ0n) is 13.4. The number of fused-ring (bicyclic) bond motifs is 1. The minimum atomic E-state index is -0.0189. The molecule has 2 amide bonds. The quantitative estimate of drug-likeness (QED) is 0.942. The molecule has 0 radical (unpaired) electrons. The summed E-state index contributed by atoms with van der Waals surface area (Å²) in [7, 11) is 0. The summed E-state index contributed by atoms with van der Waals surface area (Å²) in [6.45, 7) is 4.60. The maximum atomic E-state index is 12.9. The molecule has 1 N–H and O–H groups in total. The molecular weight excluding hydrogens is 288 g/mol. The zero-order valence-corrected chi connectivity index (χ0v) is 13.4. The summed E-state index contributed by atoms with van der Waals surface area (Å²) < 4.78 is 0. The number of carbonyl (C=O) groups is 2. The zero-order chi connectivity index (χ0) is 16.4. The van der Waals surface area contributed by atoms with Crippen molar-refractivity contribution >= 4 is 17.5 Å². The van der Waals surface area contributed by atoms with Crippen molar-refractivity contribution in [1.29, 1.82) is 0 Å². The van der Waals surface area contributed by atoms with Crippen LogP contribution in [0, 0.1) is 0 Å². The lowest BCUT2D eigenvalue weighted by atomic mass is 10.1. The molecule has 0 bridgehead atoms. The van der Waals surface area contributed by atoms with Crippen molar-refractivity contribution in [3.05, 3.63) is 65.2 Å². The van der Waals surface area contributed by atoms with E-state index in [4.69, 9.17) is 0 Å². The number of rotatable bonds is 4. The molecule has 0 unspecified atom stereocenters. The van der Waals surface area contributed by atoms with Gasteiger partial charge in [-0.2, -0.15) is 0 Å². The first kappa shape index (κ1) is 15.3. The smallest absolute Gasteiger partial charge is 0.254 e. The van der Waals surface area contributed by atoms with E-state index in [-0.39, 0.29) is 17.9 Å². The lowest BCUT2D eigenvalue weighted by Crippen LogP contribution is -2.36. The van der Waals surface area contributed by atoms with Crippen LogP contribution in [-0.4, -0.2) is 22.8 Å². The van der Waals surface area contributed by atoms with Gasteiger partial charge in [0.2, 0.25) is 5.91 Å². The fourth-order valence-corrected chi connectivity index (χ4v) is 2.80. The van der Waals surface area contributed by atoms with Gasteiger partial charge in [0, 0.05) is 23.8 Å². The van der Waals surface area contributed by atoms with Crippen molar-refractivity contribution in [3.8, 4) is 0 Å². The predicted octanol–water partition coefficient (Wildman–Crippen LogP) is 3.23. The van der Waals surface area contributed by atoms with Gasteiger partial charge in [0.05, 0.1) is 6.42 Å². The van der Waals surface area contributed by atoms with E-state index in [1.54, 1.807) is 6.07 Å². The Labute approximate surface area is 136 Å². The first-order valence-corrected chi connectivity index (χ1v) is 7.82. The van der Waals surface area contributed by atoms with Gasteiger partial charge in [-0.15, -0.1) is 0 Å². The van der Waals surface area contributed by atoms with Gasteiger partial charge in [0.1, 0.15) is 0 Å². The Hall–Kier alpha value is -2.62.